The highest BCUT2D eigenvalue weighted by Gasteiger charge is 2.22. The first kappa shape index (κ1) is 17.1. The molecule has 28 heavy (non-hydrogen) atoms. The summed E-state index contributed by atoms with van der Waals surface area (Å²) < 4.78 is 18.5. The molecule has 0 unspecified atom stereocenters. The number of hydrogen-bond acceptors (Lipinski definition) is 7. The molecule has 1 aromatic heterocycles. The number of fused-ring (bicyclic) bond motifs is 2. The summed E-state index contributed by atoms with van der Waals surface area (Å²) in [5.41, 5.74) is 2.85. The van der Waals surface area contributed by atoms with Crippen molar-refractivity contribution in [2.75, 3.05) is 12.5 Å². The van der Waals surface area contributed by atoms with Crippen LogP contribution in [0.2, 0.25) is 0 Å². The van der Waals surface area contributed by atoms with Gasteiger partial charge >= 0.3 is 0 Å². The third-order valence-electron chi connectivity index (χ3n) is 4.34. The fraction of sp³-hybridized carbons (Fsp3) is 0.250. The molecule has 0 fully saturated rings. The van der Waals surface area contributed by atoms with Gasteiger partial charge in [0.05, 0.1) is 11.8 Å². The molecule has 142 valence electrons. The highest BCUT2D eigenvalue weighted by molar-refractivity contribution is 7.99. The molecule has 0 bridgehead atoms. The van der Waals surface area contributed by atoms with Crippen molar-refractivity contribution in [3.05, 3.63) is 48.0 Å². The first-order valence-corrected chi connectivity index (χ1v) is 9.99. The van der Waals surface area contributed by atoms with Gasteiger partial charge in [0.25, 0.3) is 0 Å². The summed E-state index contributed by atoms with van der Waals surface area (Å²) in [5, 5.41) is 14.2. The Morgan fingerprint density at radius 1 is 1.04 bits per heavy atom. The fourth-order valence-electron chi connectivity index (χ4n) is 3.11. The molecule has 0 aliphatic carbocycles. The molecule has 0 N–H and O–H groups in total. The number of hydrogen-bond donors (Lipinski definition) is 0. The minimum absolute atomic E-state index is 0.105. The summed E-state index contributed by atoms with van der Waals surface area (Å²) in [6.07, 6.45) is 0.105. The quantitative estimate of drug-likeness (QED) is 0.670. The molecule has 2 aliphatic rings. The minimum atomic E-state index is 0.105. The van der Waals surface area contributed by atoms with Crippen molar-refractivity contribution in [3.63, 3.8) is 0 Å². The largest absolute Gasteiger partial charge is 0.491 e. The molecule has 5 rings (SSSR count). The maximum atomic E-state index is 5.81. The van der Waals surface area contributed by atoms with E-state index < -0.39 is 0 Å². The Hall–Kier alpha value is -3.00. The van der Waals surface area contributed by atoms with Gasteiger partial charge in [0.2, 0.25) is 11.9 Å². The molecule has 0 saturated carbocycles. The Kier molecular flexibility index (Phi) is 4.20. The Morgan fingerprint density at radius 3 is 2.82 bits per heavy atom. The predicted molar refractivity (Wildman–Crippen MR) is 106 cm³/mol. The lowest BCUT2D eigenvalue weighted by Crippen LogP contribution is -2.13. The smallest absolute Gasteiger partial charge is 0.231 e. The molecule has 0 atom stereocenters. The van der Waals surface area contributed by atoms with Crippen LogP contribution in [0.1, 0.15) is 19.4 Å². The lowest BCUT2D eigenvalue weighted by molar-refractivity contribution is 0.174. The summed E-state index contributed by atoms with van der Waals surface area (Å²) in [7, 11) is 0. The van der Waals surface area contributed by atoms with Crippen LogP contribution < -0.4 is 14.2 Å². The molecule has 7 nitrogen and oxygen atoms in total. The van der Waals surface area contributed by atoms with E-state index in [1.165, 1.54) is 0 Å². The Bertz CT molecular complexity index is 1080. The van der Waals surface area contributed by atoms with Gasteiger partial charge in [-0.2, -0.15) is 9.78 Å². The average Bonchev–Trinajstić information content (AvgIpc) is 3.33. The second-order valence-electron chi connectivity index (χ2n) is 6.72. The van der Waals surface area contributed by atoms with Crippen molar-refractivity contribution in [3.8, 4) is 28.6 Å². The van der Waals surface area contributed by atoms with E-state index in [1.807, 2.05) is 56.3 Å². The third kappa shape index (κ3) is 3.09. The van der Waals surface area contributed by atoms with E-state index in [4.69, 9.17) is 19.3 Å². The van der Waals surface area contributed by atoms with Crippen LogP contribution in [-0.2, 0) is 0 Å². The fourth-order valence-corrected chi connectivity index (χ4v) is 3.94. The number of thioether (sulfide) groups is 1. The van der Waals surface area contributed by atoms with Crippen molar-refractivity contribution in [2.45, 2.75) is 25.1 Å². The monoisotopic (exact) mass is 394 g/mol. The predicted octanol–water partition coefficient (Wildman–Crippen LogP) is 3.82. The van der Waals surface area contributed by atoms with Gasteiger partial charge in [-0.25, -0.2) is 0 Å². The molecule has 2 aliphatic heterocycles. The maximum Gasteiger partial charge on any atom is 0.231 e. The average molecular weight is 394 g/mol. The van der Waals surface area contributed by atoms with Crippen LogP contribution in [0.4, 0.5) is 0 Å². The summed E-state index contributed by atoms with van der Waals surface area (Å²) in [6, 6.07) is 13.7. The van der Waals surface area contributed by atoms with Gasteiger partial charge in [0.15, 0.2) is 17.3 Å². The number of aromatic nitrogens is 3. The van der Waals surface area contributed by atoms with Gasteiger partial charge < -0.3 is 14.2 Å². The second-order valence-corrected chi connectivity index (χ2v) is 7.66. The number of nitrogens with zero attached hydrogens (tertiary/aromatic N) is 4. The molecule has 3 aromatic rings. The Labute approximate surface area is 166 Å². The van der Waals surface area contributed by atoms with Crippen molar-refractivity contribution in [1.82, 2.24) is 14.9 Å². The third-order valence-corrected chi connectivity index (χ3v) is 5.27. The number of rotatable bonds is 4. The van der Waals surface area contributed by atoms with E-state index in [9.17, 15) is 0 Å². The van der Waals surface area contributed by atoms with Crippen LogP contribution in [-0.4, -0.2) is 39.2 Å². The Morgan fingerprint density at radius 2 is 1.93 bits per heavy atom. The first-order valence-electron chi connectivity index (χ1n) is 9.00. The van der Waals surface area contributed by atoms with Crippen LogP contribution in [0.5, 0.6) is 17.2 Å². The molecular weight excluding hydrogens is 376 g/mol. The molecule has 3 heterocycles. The lowest BCUT2D eigenvalue weighted by Gasteiger charge is -2.15. The molecule has 0 amide bonds. The van der Waals surface area contributed by atoms with Crippen LogP contribution in [0.3, 0.4) is 0 Å². The van der Waals surface area contributed by atoms with Crippen molar-refractivity contribution >= 4 is 17.5 Å². The summed E-state index contributed by atoms with van der Waals surface area (Å²) in [4.78, 5) is 0. The van der Waals surface area contributed by atoms with Crippen molar-refractivity contribution in [2.24, 2.45) is 5.10 Å². The highest BCUT2D eigenvalue weighted by Crippen LogP contribution is 2.35. The zero-order chi connectivity index (χ0) is 19.1. The topological polar surface area (TPSA) is 70.8 Å². The van der Waals surface area contributed by atoms with Gasteiger partial charge in [-0.05, 0) is 44.2 Å². The van der Waals surface area contributed by atoms with Crippen molar-refractivity contribution in [1.29, 1.82) is 0 Å². The number of benzene rings is 2. The zero-order valence-corrected chi connectivity index (χ0v) is 16.3. The van der Waals surface area contributed by atoms with Crippen LogP contribution >= 0.6 is 11.8 Å². The highest BCUT2D eigenvalue weighted by atomic mass is 32.2. The van der Waals surface area contributed by atoms with Gasteiger partial charge in [0, 0.05) is 16.9 Å². The first-order chi connectivity index (χ1) is 13.7. The van der Waals surface area contributed by atoms with E-state index in [-0.39, 0.29) is 12.9 Å². The SMILES string of the molecule is CC(C)Oc1cccc(-c2nnc3n2N=C(c2ccc4c(c2)OCO4)CS3)c1. The molecule has 0 radical (unpaired) electrons. The van der Waals surface area contributed by atoms with Crippen LogP contribution in [0.25, 0.3) is 11.4 Å². The van der Waals surface area contributed by atoms with E-state index in [0.717, 1.165) is 39.2 Å². The summed E-state index contributed by atoms with van der Waals surface area (Å²) in [6.45, 7) is 4.27. The Balaban J connectivity index is 1.52. The molecule has 2 aromatic carbocycles. The minimum Gasteiger partial charge on any atom is -0.491 e. The molecule has 0 saturated heterocycles. The van der Waals surface area contributed by atoms with E-state index in [0.29, 0.717) is 11.6 Å². The van der Waals surface area contributed by atoms with Crippen molar-refractivity contribution < 1.29 is 14.2 Å². The normalized spacial score (nSPS) is 14.8. The van der Waals surface area contributed by atoms with Gasteiger partial charge in [0.1, 0.15) is 5.75 Å². The molecular formula is C20H18N4O3S. The van der Waals surface area contributed by atoms with E-state index >= 15 is 0 Å². The second kappa shape index (κ2) is 6.87. The lowest BCUT2D eigenvalue weighted by atomic mass is 10.1. The van der Waals surface area contributed by atoms with E-state index in [2.05, 4.69) is 10.2 Å². The van der Waals surface area contributed by atoms with Gasteiger partial charge in [-0.15, -0.1) is 10.2 Å². The zero-order valence-electron chi connectivity index (χ0n) is 15.5. The van der Waals surface area contributed by atoms with Crippen LogP contribution in [0.15, 0.2) is 52.7 Å². The standard InChI is InChI=1S/C20H18N4O3S/c1-12(2)27-15-5-3-4-14(8-15)19-21-22-20-24(19)23-16(10-28-20)13-6-7-17-18(9-13)26-11-25-17/h3-9,12H,10-11H2,1-2H3. The molecule has 8 heteroatoms. The maximum absolute atomic E-state index is 5.81. The number of ether oxygens (including phenoxy) is 3. The molecule has 0 spiro atoms. The van der Waals surface area contributed by atoms with Gasteiger partial charge in [-0.3, -0.25) is 0 Å². The van der Waals surface area contributed by atoms with Crippen LogP contribution in [0, 0.1) is 0 Å². The van der Waals surface area contributed by atoms with Gasteiger partial charge in [-0.1, -0.05) is 23.9 Å². The van der Waals surface area contributed by atoms with E-state index in [1.54, 1.807) is 16.4 Å². The summed E-state index contributed by atoms with van der Waals surface area (Å²) in [5.74, 6) is 3.72. The summed E-state index contributed by atoms with van der Waals surface area (Å²) >= 11 is 1.61.